The van der Waals surface area contributed by atoms with Crippen LogP contribution in [-0.4, -0.2) is 22.4 Å². The van der Waals surface area contributed by atoms with Gasteiger partial charge in [-0.1, -0.05) is 13.3 Å². The molecule has 112 valence electrons. The average molecular weight is 340 g/mol. The van der Waals surface area contributed by atoms with Crippen LogP contribution >= 0.6 is 15.9 Å². The van der Waals surface area contributed by atoms with Gasteiger partial charge in [-0.25, -0.2) is 0 Å². The maximum Gasteiger partial charge on any atom is 0.0738 e. The van der Waals surface area contributed by atoms with Crippen LogP contribution in [0.25, 0.3) is 0 Å². The normalized spacial score (nSPS) is 29.5. The quantitative estimate of drug-likeness (QED) is 0.858. The Bertz CT molecular complexity index is 472. The summed E-state index contributed by atoms with van der Waals surface area (Å²) in [5.74, 6) is 2.94. The lowest BCUT2D eigenvalue weighted by Gasteiger charge is -2.20. The number of fused-ring (bicyclic) bond motifs is 1. The minimum absolute atomic E-state index is 0.632. The summed E-state index contributed by atoms with van der Waals surface area (Å²) in [5, 5.41) is 8.38. The van der Waals surface area contributed by atoms with Crippen molar-refractivity contribution in [3.8, 4) is 0 Å². The molecular formula is C16H26BrN3. The highest BCUT2D eigenvalue weighted by Gasteiger charge is 2.55. The number of nitrogens with one attached hydrogen (secondary N) is 1. The molecule has 0 saturated heterocycles. The molecular weight excluding hydrogens is 314 g/mol. The van der Waals surface area contributed by atoms with Gasteiger partial charge in [-0.2, -0.15) is 5.10 Å². The van der Waals surface area contributed by atoms with Crippen molar-refractivity contribution in [3.63, 3.8) is 0 Å². The first-order valence-corrected chi connectivity index (χ1v) is 8.91. The lowest BCUT2D eigenvalue weighted by Crippen LogP contribution is -2.35. The van der Waals surface area contributed by atoms with Crippen molar-refractivity contribution in [1.82, 2.24) is 15.1 Å². The summed E-state index contributed by atoms with van der Waals surface area (Å²) < 4.78 is 3.38. The highest BCUT2D eigenvalue weighted by Crippen LogP contribution is 2.59. The molecule has 1 aromatic heterocycles. The predicted octanol–water partition coefficient (Wildman–Crippen LogP) is 3.54. The van der Waals surface area contributed by atoms with Gasteiger partial charge in [0.05, 0.1) is 15.9 Å². The van der Waals surface area contributed by atoms with Gasteiger partial charge in [-0.3, -0.25) is 4.68 Å². The molecule has 0 amide bonds. The summed E-state index contributed by atoms with van der Waals surface area (Å²) >= 11 is 3.74. The predicted molar refractivity (Wildman–Crippen MR) is 85.8 cm³/mol. The highest BCUT2D eigenvalue weighted by atomic mass is 79.9. The molecule has 1 heterocycles. The Morgan fingerprint density at radius 3 is 2.65 bits per heavy atom. The lowest BCUT2D eigenvalue weighted by molar-refractivity contribution is 0.400. The first-order valence-electron chi connectivity index (χ1n) is 8.12. The van der Waals surface area contributed by atoms with Crippen LogP contribution < -0.4 is 5.32 Å². The number of aromatic nitrogens is 2. The molecule has 1 aromatic rings. The zero-order chi connectivity index (χ0) is 14.3. The zero-order valence-electron chi connectivity index (χ0n) is 12.8. The Morgan fingerprint density at radius 2 is 2.05 bits per heavy atom. The monoisotopic (exact) mass is 339 g/mol. The second-order valence-electron chi connectivity index (χ2n) is 6.37. The van der Waals surface area contributed by atoms with E-state index in [1.54, 1.807) is 0 Å². The number of aryl methyl sites for hydroxylation is 2. The second kappa shape index (κ2) is 5.80. The molecule has 0 bridgehead atoms. The van der Waals surface area contributed by atoms with Gasteiger partial charge in [0.1, 0.15) is 0 Å². The molecule has 2 aliphatic rings. The van der Waals surface area contributed by atoms with E-state index in [9.17, 15) is 0 Å². The van der Waals surface area contributed by atoms with Gasteiger partial charge in [-0.05, 0) is 66.9 Å². The van der Waals surface area contributed by atoms with E-state index < -0.39 is 0 Å². The molecule has 0 aromatic carbocycles. The van der Waals surface area contributed by atoms with E-state index in [4.69, 9.17) is 0 Å². The third-order valence-corrected chi connectivity index (χ3v) is 6.30. The fraction of sp³-hybridized carbons (Fsp3) is 0.812. The second-order valence-corrected chi connectivity index (χ2v) is 7.16. The first kappa shape index (κ1) is 14.6. The summed E-state index contributed by atoms with van der Waals surface area (Å²) in [4.78, 5) is 0. The number of hydrogen-bond donors (Lipinski definition) is 1. The van der Waals surface area contributed by atoms with Gasteiger partial charge in [0, 0.05) is 19.0 Å². The molecule has 2 saturated carbocycles. The van der Waals surface area contributed by atoms with E-state index in [1.165, 1.54) is 29.4 Å². The van der Waals surface area contributed by atoms with Gasteiger partial charge in [0.25, 0.3) is 0 Å². The zero-order valence-corrected chi connectivity index (χ0v) is 14.4. The molecule has 3 nitrogen and oxygen atoms in total. The average Bonchev–Trinajstić information content (AvgIpc) is 2.79. The summed E-state index contributed by atoms with van der Waals surface area (Å²) in [6, 6.07) is 0.632. The molecule has 1 N–H and O–H groups in total. The summed E-state index contributed by atoms with van der Waals surface area (Å²) in [6.45, 7) is 8.52. The molecule has 3 unspecified atom stereocenters. The fourth-order valence-corrected chi connectivity index (χ4v) is 4.80. The molecule has 0 spiro atoms. The Labute approximate surface area is 130 Å². The van der Waals surface area contributed by atoms with E-state index in [2.05, 4.69) is 51.8 Å². The largest absolute Gasteiger partial charge is 0.314 e. The third kappa shape index (κ3) is 2.45. The van der Waals surface area contributed by atoms with Crippen LogP contribution in [-0.2, 0) is 13.0 Å². The maximum atomic E-state index is 4.64. The Balaban J connectivity index is 1.77. The number of nitrogens with zero attached hydrogens (tertiary/aromatic N) is 2. The smallest absolute Gasteiger partial charge is 0.0738 e. The summed E-state index contributed by atoms with van der Waals surface area (Å²) in [5.41, 5.74) is 2.49. The Kier molecular flexibility index (Phi) is 4.23. The fourth-order valence-electron chi connectivity index (χ4n) is 4.35. The molecule has 20 heavy (non-hydrogen) atoms. The number of hydrogen-bond acceptors (Lipinski definition) is 2. The molecule has 3 atom stereocenters. The van der Waals surface area contributed by atoms with Crippen molar-refractivity contribution in [3.05, 3.63) is 15.9 Å². The van der Waals surface area contributed by atoms with Crippen LogP contribution in [0.5, 0.6) is 0 Å². The van der Waals surface area contributed by atoms with E-state index in [-0.39, 0.29) is 0 Å². The molecule has 0 aliphatic heterocycles. The van der Waals surface area contributed by atoms with Gasteiger partial charge < -0.3 is 5.32 Å². The number of rotatable bonds is 6. The van der Waals surface area contributed by atoms with Crippen molar-refractivity contribution < 1.29 is 0 Å². The standard InChI is InChI=1S/C16H26BrN3/c1-4-18-13(15-11-7-6-8-12(11)15)9-14-16(17)10(3)19-20(14)5-2/h11-13,15,18H,4-9H2,1-3H3. The van der Waals surface area contributed by atoms with Crippen LogP contribution in [0, 0.1) is 24.7 Å². The van der Waals surface area contributed by atoms with Crippen LogP contribution in [0.3, 0.4) is 0 Å². The number of halogens is 1. The molecule has 2 fully saturated rings. The lowest BCUT2D eigenvalue weighted by atomic mass is 9.99. The van der Waals surface area contributed by atoms with Gasteiger partial charge in [0.2, 0.25) is 0 Å². The van der Waals surface area contributed by atoms with E-state index >= 15 is 0 Å². The van der Waals surface area contributed by atoms with Gasteiger partial charge in [-0.15, -0.1) is 0 Å². The first-order chi connectivity index (χ1) is 9.67. The van der Waals surface area contributed by atoms with E-state index in [0.29, 0.717) is 6.04 Å². The molecule has 4 heteroatoms. The van der Waals surface area contributed by atoms with Crippen molar-refractivity contribution >= 4 is 15.9 Å². The SMILES string of the molecule is CCNC(Cc1c(Br)c(C)nn1CC)C1C2CCCC21. The third-order valence-electron chi connectivity index (χ3n) is 5.27. The minimum atomic E-state index is 0.632. The van der Waals surface area contributed by atoms with Crippen molar-refractivity contribution in [2.24, 2.45) is 17.8 Å². The Hall–Kier alpha value is -0.350. The Morgan fingerprint density at radius 1 is 1.35 bits per heavy atom. The molecule has 0 radical (unpaired) electrons. The van der Waals surface area contributed by atoms with Crippen LogP contribution in [0.4, 0.5) is 0 Å². The summed E-state index contributed by atoms with van der Waals surface area (Å²) in [6.07, 6.45) is 5.50. The highest BCUT2D eigenvalue weighted by molar-refractivity contribution is 9.10. The van der Waals surface area contributed by atoms with Crippen molar-refractivity contribution in [1.29, 1.82) is 0 Å². The maximum absolute atomic E-state index is 4.64. The van der Waals surface area contributed by atoms with Gasteiger partial charge >= 0.3 is 0 Å². The van der Waals surface area contributed by atoms with Crippen LogP contribution in [0.15, 0.2) is 4.47 Å². The van der Waals surface area contributed by atoms with Gasteiger partial charge in [0.15, 0.2) is 0 Å². The topological polar surface area (TPSA) is 29.9 Å². The van der Waals surface area contributed by atoms with E-state index in [0.717, 1.165) is 43.0 Å². The minimum Gasteiger partial charge on any atom is -0.314 e. The molecule has 3 rings (SSSR count). The van der Waals surface area contributed by atoms with E-state index in [1.807, 2.05) is 0 Å². The van der Waals surface area contributed by atoms with Crippen molar-refractivity contribution in [2.45, 2.75) is 59.0 Å². The molecule has 2 aliphatic carbocycles. The van der Waals surface area contributed by atoms with Crippen LogP contribution in [0.1, 0.15) is 44.5 Å². The number of likely N-dealkylation sites (N-methyl/N-ethyl adjacent to an activating group) is 1. The summed E-state index contributed by atoms with van der Waals surface area (Å²) in [7, 11) is 0. The van der Waals surface area contributed by atoms with Crippen molar-refractivity contribution in [2.75, 3.05) is 6.54 Å². The van der Waals surface area contributed by atoms with Crippen LogP contribution in [0.2, 0.25) is 0 Å².